The molecule has 0 fully saturated rings. The van der Waals surface area contributed by atoms with Crippen LogP contribution in [-0.2, 0) is 15.6 Å². The molecule has 0 radical (unpaired) electrons. The van der Waals surface area contributed by atoms with Gasteiger partial charge in [-0.25, -0.2) is 0 Å². The van der Waals surface area contributed by atoms with Crippen LogP contribution in [0.1, 0.15) is 113 Å². The highest BCUT2D eigenvalue weighted by molar-refractivity contribution is 5.93. The molecule has 5 aromatic carbocycles. The highest BCUT2D eigenvalue weighted by Crippen LogP contribution is 2.67. The van der Waals surface area contributed by atoms with Gasteiger partial charge < -0.3 is 19.0 Å². The number of alkyl halides is 3. The molecule has 396 valence electrons. The van der Waals surface area contributed by atoms with Crippen molar-refractivity contribution < 1.29 is 22.3 Å². The van der Waals surface area contributed by atoms with Gasteiger partial charge in [-0.1, -0.05) is 154 Å². The van der Waals surface area contributed by atoms with Crippen molar-refractivity contribution >= 4 is 45.4 Å². The van der Waals surface area contributed by atoms with Crippen molar-refractivity contribution in [1.82, 2.24) is 0 Å². The van der Waals surface area contributed by atoms with Crippen molar-refractivity contribution in [2.45, 2.75) is 116 Å². The van der Waals surface area contributed by atoms with Gasteiger partial charge in [-0.2, -0.15) is 13.2 Å². The summed E-state index contributed by atoms with van der Waals surface area (Å²) in [6.07, 6.45) is 19.2. The summed E-state index contributed by atoms with van der Waals surface area (Å²) in [5.41, 5.74) is 20.3. The molecule has 4 nitrogen and oxygen atoms in total. The largest absolute Gasteiger partial charge is 0.483 e. The minimum atomic E-state index is -4.34. The van der Waals surface area contributed by atoms with Gasteiger partial charge in [0.15, 0.2) is 5.42 Å². The molecule has 79 heavy (non-hydrogen) atoms. The maximum Gasteiger partial charge on any atom is 0.395 e. The van der Waals surface area contributed by atoms with Gasteiger partial charge in [-0.15, -0.1) is 0 Å². The maximum absolute atomic E-state index is 14.5. The molecule has 0 bridgehead atoms. The third-order valence-corrected chi connectivity index (χ3v) is 19.6. The number of hydrogen-bond acceptors (Lipinski definition) is 4. The number of ether oxygens (including phenoxy) is 1. The zero-order valence-corrected chi connectivity index (χ0v) is 45.7. The van der Waals surface area contributed by atoms with Crippen molar-refractivity contribution in [1.29, 1.82) is 0 Å². The van der Waals surface area contributed by atoms with Crippen LogP contribution in [0.15, 0.2) is 202 Å². The summed E-state index contributed by atoms with van der Waals surface area (Å²) in [7, 11) is 0. The number of allylic oxidation sites excluding steroid dienone is 10. The van der Waals surface area contributed by atoms with Crippen molar-refractivity contribution in [3.05, 3.63) is 246 Å². The molecule has 9 aliphatic rings. The first-order valence-electron chi connectivity index (χ1n) is 28.9. The van der Waals surface area contributed by atoms with Crippen LogP contribution in [0.5, 0.6) is 0 Å². The van der Waals surface area contributed by atoms with Gasteiger partial charge in [0.05, 0.1) is 17.3 Å². The zero-order chi connectivity index (χ0) is 53.7. The van der Waals surface area contributed by atoms with Gasteiger partial charge >= 0.3 is 6.18 Å². The van der Waals surface area contributed by atoms with E-state index < -0.39 is 17.5 Å². The molecule has 6 atom stereocenters. The number of rotatable bonds is 6. The monoisotopic (exact) mass is 1050 g/mol. The second-order valence-corrected chi connectivity index (χ2v) is 24.3. The number of nitrogens with zero attached hydrogens (tertiary/aromatic N) is 2. The number of para-hydroxylation sites is 2. The Morgan fingerprint density at radius 2 is 1.47 bits per heavy atom. The van der Waals surface area contributed by atoms with Crippen LogP contribution in [0.4, 0.5) is 24.5 Å². The third-order valence-electron chi connectivity index (χ3n) is 19.6. The van der Waals surface area contributed by atoms with Gasteiger partial charge in [0.1, 0.15) is 17.4 Å². The Morgan fingerprint density at radius 1 is 0.684 bits per heavy atom. The maximum atomic E-state index is 14.5. The number of benzene rings is 5. The van der Waals surface area contributed by atoms with Crippen LogP contribution in [0.25, 0.3) is 34.0 Å². The topological polar surface area (TPSA) is 28.9 Å². The normalized spacial score (nSPS) is 25.9. The van der Waals surface area contributed by atoms with Crippen molar-refractivity contribution in [3.8, 4) is 0 Å². The Morgan fingerprint density at radius 3 is 2.28 bits per heavy atom. The lowest BCUT2D eigenvalue weighted by atomic mass is 9.51. The van der Waals surface area contributed by atoms with E-state index in [1.807, 2.05) is 6.08 Å². The molecule has 8 aliphatic carbocycles. The van der Waals surface area contributed by atoms with E-state index in [1.165, 1.54) is 83.2 Å². The molecule has 6 aromatic rings. The number of halogens is 3. The van der Waals surface area contributed by atoms with Crippen LogP contribution >= 0.6 is 0 Å². The number of anilines is 2. The second kappa shape index (κ2) is 17.7. The minimum absolute atomic E-state index is 0.0418. The number of aryl methyl sites for hydroxylation is 1. The summed E-state index contributed by atoms with van der Waals surface area (Å²) in [6.45, 7) is 11.5. The van der Waals surface area contributed by atoms with E-state index in [2.05, 4.69) is 190 Å². The minimum Gasteiger partial charge on any atom is -0.483 e. The Bertz CT molecular complexity index is 4140. The fraction of sp³-hybridized carbons (Fsp3) is 0.306. The van der Waals surface area contributed by atoms with Crippen LogP contribution in [0.2, 0.25) is 0 Å². The van der Waals surface area contributed by atoms with Crippen molar-refractivity contribution in [3.63, 3.8) is 0 Å². The molecule has 1 aromatic heterocycles. The number of furan rings is 1. The molecule has 0 saturated heterocycles. The predicted octanol–water partition coefficient (Wildman–Crippen LogP) is 15.0. The van der Waals surface area contributed by atoms with E-state index >= 15 is 0 Å². The first-order valence-corrected chi connectivity index (χ1v) is 28.9. The van der Waals surface area contributed by atoms with E-state index in [0.29, 0.717) is 5.92 Å². The lowest BCUT2D eigenvalue weighted by Gasteiger charge is -2.52. The summed E-state index contributed by atoms with van der Waals surface area (Å²) >= 11 is 0. The van der Waals surface area contributed by atoms with Gasteiger partial charge in [0, 0.05) is 61.3 Å². The van der Waals surface area contributed by atoms with Gasteiger partial charge in [-0.3, -0.25) is 0 Å². The first kappa shape index (κ1) is 48.6. The van der Waals surface area contributed by atoms with Gasteiger partial charge in [-0.05, 0) is 169 Å². The zero-order valence-electron chi connectivity index (χ0n) is 45.7. The fourth-order valence-corrected chi connectivity index (χ4v) is 16.2. The van der Waals surface area contributed by atoms with Gasteiger partial charge in [0.25, 0.3) is 0 Å². The summed E-state index contributed by atoms with van der Waals surface area (Å²) in [5.74, 6) is -0.0724. The van der Waals surface area contributed by atoms with Crippen LogP contribution < -0.4 is 30.9 Å². The molecular formula is C72H65F3N2O2. The van der Waals surface area contributed by atoms with E-state index in [9.17, 15) is 13.2 Å². The summed E-state index contributed by atoms with van der Waals surface area (Å²) in [4.78, 5) is 4.87. The molecule has 0 N–H and O–H groups in total. The molecule has 6 unspecified atom stereocenters. The Hall–Kier alpha value is -7.51. The number of fused-ring (bicyclic) bond motifs is 14. The summed E-state index contributed by atoms with van der Waals surface area (Å²) in [5, 5.41) is 4.77. The highest BCUT2D eigenvalue weighted by Gasteiger charge is 2.60. The highest BCUT2D eigenvalue weighted by atomic mass is 19.4. The Kier molecular flexibility index (Phi) is 10.9. The molecule has 7 heteroatoms. The Balaban J connectivity index is 1.02. The summed E-state index contributed by atoms with van der Waals surface area (Å²) in [6, 6.07) is 42.9. The lowest BCUT2D eigenvalue weighted by Crippen LogP contribution is -2.49. The predicted molar refractivity (Wildman–Crippen MR) is 312 cm³/mol. The molecular weight excluding hydrogens is 982 g/mol. The Labute approximate surface area is 460 Å². The molecule has 0 amide bonds. The second-order valence-electron chi connectivity index (χ2n) is 24.3. The fourth-order valence-electron chi connectivity index (χ4n) is 16.2. The SMILES string of the molecule is CC1=CCCC2=C1OC1C(N(C3=CCC(C(F)(F)F)C=C3)c3ccc4c(c3)C3(C5=C(C=CC(C)C5)C(C)(C)c5ccccc53)C3CC(N(C5=c6oc7c(C)cccc7c6=CCC5)c5ccccc5)=c5ccccc5=C43)=CCCC21. The number of hydrogen-bond donors (Lipinski definition) is 0. The first-order chi connectivity index (χ1) is 38.3. The molecule has 0 saturated carbocycles. The van der Waals surface area contributed by atoms with E-state index in [4.69, 9.17) is 9.15 Å². The molecule has 1 aliphatic heterocycles. The molecule has 1 spiro atoms. The van der Waals surface area contributed by atoms with E-state index in [-0.39, 0.29) is 29.8 Å². The standard InChI is InChI=1S/C72H65F3N2O2/c1-42-31-38-57-60(39-42)71(58-28-12-11-27-56(58)70(57,4)5)59-40-48(76(47-34-32-45(33-35-47)72(73,74)75)62-29-15-25-53-51-23-13-17-43(2)66(51)78-68(53)62)36-37-55(59)65-50-22-10-9-21-49(50)64(41-61(65)71)77(46-19-7-6-8-20-46)63-30-16-26-54-52-24-14-18-44(3)67(52)79-69(54)63/h6-12,14,17-22,24,26-29,31-32,34-38,40,42,45,53,61,68H,13,15-16,23,25,30,33,39,41H2,1-5H3. The van der Waals surface area contributed by atoms with E-state index in [0.717, 1.165) is 102 Å². The average molecular weight is 1050 g/mol. The third kappa shape index (κ3) is 7.06. The smallest absolute Gasteiger partial charge is 0.395 e. The van der Waals surface area contributed by atoms with Crippen LogP contribution in [-0.4, -0.2) is 12.3 Å². The van der Waals surface area contributed by atoms with Crippen molar-refractivity contribution in [2.24, 2.45) is 23.7 Å². The van der Waals surface area contributed by atoms with Gasteiger partial charge in [0.2, 0.25) is 0 Å². The molecule has 2 heterocycles. The van der Waals surface area contributed by atoms with E-state index in [1.54, 1.807) is 6.08 Å². The molecule has 15 rings (SSSR count). The summed E-state index contributed by atoms with van der Waals surface area (Å²) < 4.78 is 57.8. The van der Waals surface area contributed by atoms with Crippen LogP contribution in [0, 0.1) is 30.6 Å². The quantitative estimate of drug-likeness (QED) is 0.166. The van der Waals surface area contributed by atoms with Crippen LogP contribution in [0.3, 0.4) is 0 Å². The van der Waals surface area contributed by atoms with Crippen molar-refractivity contribution in [2.75, 3.05) is 9.80 Å². The lowest BCUT2D eigenvalue weighted by molar-refractivity contribution is -0.160. The average Bonchev–Trinajstić information content (AvgIpc) is 3.87.